The number of nitrogens with one attached hydrogen (secondary N) is 3. The predicted molar refractivity (Wildman–Crippen MR) is 123 cm³/mol. The fourth-order valence-corrected chi connectivity index (χ4v) is 2.90. The summed E-state index contributed by atoms with van der Waals surface area (Å²) < 4.78 is 25.2. The number of hydrogen-bond donors (Lipinski definition) is 3. The Morgan fingerprint density at radius 1 is 1.00 bits per heavy atom. The molecule has 3 rings (SSSR count). The highest BCUT2D eigenvalue weighted by molar-refractivity contribution is 6.39. The Labute approximate surface area is 190 Å². The SMILES string of the molecule is COCCOc1cc(F)c2c(Nc3ccc(NC(=O)C(=O)NC(C)(C)C)cc3)ncnc2c1. The van der Waals surface area contributed by atoms with E-state index in [0.717, 1.165) is 0 Å². The number of anilines is 3. The van der Waals surface area contributed by atoms with Crippen LogP contribution < -0.4 is 20.7 Å². The van der Waals surface area contributed by atoms with Crippen LogP contribution in [0.15, 0.2) is 42.7 Å². The zero-order valence-electron chi connectivity index (χ0n) is 18.9. The summed E-state index contributed by atoms with van der Waals surface area (Å²) in [6.45, 7) is 6.03. The Hall–Kier alpha value is -3.79. The third-order valence-electron chi connectivity index (χ3n) is 4.32. The molecule has 0 radical (unpaired) electrons. The van der Waals surface area contributed by atoms with Gasteiger partial charge in [-0.3, -0.25) is 9.59 Å². The number of carbonyl (C=O) groups is 2. The lowest BCUT2D eigenvalue weighted by molar-refractivity contribution is -0.137. The third kappa shape index (κ3) is 6.59. The van der Waals surface area contributed by atoms with E-state index >= 15 is 0 Å². The lowest BCUT2D eigenvalue weighted by Crippen LogP contribution is -2.46. The smallest absolute Gasteiger partial charge is 0.313 e. The summed E-state index contributed by atoms with van der Waals surface area (Å²) in [5, 5.41) is 8.39. The molecule has 0 bridgehead atoms. The highest BCUT2D eigenvalue weighted by Crippen LogP contribution is 2.29. The second kappa shape index (κ2) is 10.2. The van der Waals surface area contributed by atoms with Crippen LogP contribution in [0.5, 0.6) is 5.75 Å². The van der Waals surface area contributed by atoms with Crippen molar-refractivity contribution in [3.8, 4) is 5.75 Å². The van der Waals surface area contributed by atoms with Crippen LogP contribution in [0.2, 0.25) is 0 Å². The summed E-state index contributed by atoms with van der Waals surface area (Å²) in [6.07, 6.45) is 1.32. The van der Waals surface area contributed by atoms with Crippen molar-refractivity contribution in [1.29, 1.82) is 0 Å². The first kappa shape index (κ1) is 23.9. The maximum absolute atomic E-state index is 14.8. The van der Waals surface area contributed by atoms with Crippen LogP contribution in [0.4, 0.5) is 21.6 Å². The quantitative estimate of drug-likeness (QED) is 0.370. The van der Waals surface area contributed by atoms with Crippen molar-refractivity contribution in [1.82, 2.24) is 15.3 Å². The van der Waals surface area contributed by atoms with Gasteiger partial charge in [0.2, 0.25) is 0 Å². The maximum Gasteiger partial charge on any atom is 0.313 e. The highest BCUT2D eigenvalue weighted by atomic mass is 19.1. The summed E-state index contributed by atoms with van der Waals surface area (Å²) in [6, 6.07) is 9.48. The summed E-state index contributed by atoms with van der Waals surface area (Å²) in [5.74, 6) is -1.40. The molecule has 3 N–H and O–H groups in total. The summed E-state index contributed by atoms with van der Waals surface area (Å²) in [5.41, 5.74) is 0.904. The first-order valence-electron chi connectivity index (χ1n) is 10.2. The second-order valence-corrected chi connectivity index (χ2v) is 8.22. The van der Waals surface area contributed by atoms with Gasteiger partial charge in [0.25, 0.3) is 0 Å². The molecule has 0 aliphatic carbocycles. The van der Waals surface area contributed by atoms with Crippen molar-refractivity contribution in [2.75, 3.05) is 31.0 Å². The van der Waals surface area contributed by atoms with Gasteiger partial charge in [-0.15, -0.1) is 0 Å². The first-order valence-corrected chi connectivity index (χ1v) is 10.2. The Morgan fingerprint density at radius 3 is 2.36 bits per heavy atom. The maximum atomic E-state index is 14.8. The normalized spacial score (nSPS) is 11.2. The molecule has 2 amide bonds. The van der Waals surface area contributed by atoms with Gasteiger partial charge in [0.1, 0.15) is 30.3 Å². The van der Waals surface area contributed by atoms with Crippen molar-refractivity contribution in [3.63, 3.8) is 0 Å². The molecule has 10 heteroatoms. The minimum absolute atomic E-state index is 0.216. The van der Waals surface area contributed by atoms with E-state index < -0.39 is 23.2 Å². The Morgan fingerprint density at radius 2 is 1.70 bits per heavy atom. The topological polar surface area (TPSA) is 114 Å². The fraction of sp³-hybridized carbons (Fsp3) is 0.304. The van der Waals surface area contributed by atoms with Crippen molar-refractivity contribution in [3.05, 3.63) is 48.5 Å². The van der Waals surface area contributed by atoms with E-state index in [1.807, 2.05) is 0 Å². The van der Waals surface area contributed by atoms with Gasteiger partial charge < -0.3 is 25.4 Å². The molecule has 0 atom stereocenters. The lowest BCUT2D eigenvalue weighted by atomic mass is 10.1. The predicted octanol–water partition coefficient (Wildman–Crippen LogP) is 3.39. The number of nitrogens with zero attached hydrogens (tertiary/aromatic N) is 2. The molecule has 174 valence electrons. The Bertz CT molecular complexity index is 1150. The van der Waals surface area contributed by atoms with Crippen LogP contribution in [0.25, 0.3) is 10.9 Å². The number of aromatic nitrogens is 2. The molecular weight excluding hydrogens is 429 g/mol. The molecular formula is C23H26FN5O4. The zero-order valence-corrected chi connectivity index (χ0v) is 18.9. The zero-order chi connectivity index (χ0) is 24.0. The van der Waals surface area contributed by atoms with Gasteiger partial charge in [-0.1, -0.05) is 0 Å². The standard InChI is InChI=1S/C23H26FN5O4/c1-23(2,3)29-22(31)21(30)28-15-7-5-14(6-8-15)27-20-19-17(24)11-16(33-10-9-32-4)12-18(19)25-13-26-20/h5-8,11-13H,9-10H2,1-4H3,(H,28,30)(H,29,31)(H,25,26,27). The average molecular weight is 455 g/mol. The lowest BCUT2D eigenvalue weighted by Gasteiger charge is -2.19. The van der Waals surface area contributed by atoms with Gasteiger partial charge in [0, 0.05) is 36.2 Å². The number of halogens is 1. The largest absolute Gasteiger partial charge is 0.491 e. The fourth-order valence-electron chi connectivity index (χ4n) is 2.90. The summed E-state index contributed by atoms with van der Waals surface area (Å²) >= 11 is 0. The molecule has 0 aliphatic heterocycles. The van der Waals surface area contributed by atoms with Gasteiger partial charge in [0.15, 0.2) is 0 Å². The van der Waals surface area contributed by atoms with Crippen molar-refractivity contribution >= 4 is 39.9 Å². The Kier molecular flexibility index (Phi) is 7.39. The van der Waals surface area contributed by atoms with Crippen LogP contribution in [-0.2, 0) is 14.3 Å². The van der Waals surface area contributed by atoms with Crippen molar-refractivity contribution < 1.29 is 23.5 Å². The molecule has 0 aliphatic rings. The number of carbonyl (C=O) groups excluding carboxylic acids is 2. The van der Waals surface area contributed by atoms with Gasteiger partial charge in [-0.2, -0.15) is 0 Å². The average Bonchev–Trinajstić information content (AvgIpc) is 2.74. The van der Waals surface area contributed by atoms with E-state index in [9.17, 15) is 14.0 Å². The molecule has 0 spiro atoms. The summed E-state index contributed by atoms with van der Waals surface area (Å²) in [7, 11) is 1.56. The van der Waals surface area contributed by atoms with Crippen LogP contribution in [0, 0.1) is 5.82 Å². The van der Waals surface area contributed by atoms with Crippen molar-refractivity contribution in [2.24, 2.45) is 0 Å². The molecule has 33 heavy (non-hydrogen) atoms. The summed E-state index contributed by atoms with van der Waals surface area (Å²) in [4.78, 5) is 32.3. The molecule has 1 heterocycles. The Balaban J connectivity index is 1.72. The minimum atomic E-state index is -0.766. The molecule has 2 aromatic carbocycles. The van der Waals surface area contributed by atoms with Gasteiger partial charge in [0.05, 0.1) is 17.5 Å². The van der Waals surface area contributed by atoms with E-state index in [1.165, 1.54) is 12.4 Å². The number of ether oxygens (including phenoxy) is 2. The van der Waals surface area contributed by atoms with Crippen LogP contribution >= 0.6 is 0 Å². The van der Waals surface area contributed by atoms with Crippen LogP contribution in [0.3, 0.4) is 0 Å². The highest BCUT2D eigenvalue weighted by Gasteiger charge is 2.20. The van der Waals surface area contributed by atoms with Crippen molar-refractivity contribution in [2.45, 2.75) is 26.3 Å². The molecule has 0 fully saturated rings. The molecule has 1 aromatic heterocycles. The van der Waals surface area contributed by atoms with E-state index in [-0.39, 0.29) is 11.2 Å². The second-order valence-electron chi connectivity index (χ2n) is 8.22. The molecule has 0 saturated heterocycles. The van der Waals surface area contributed by atoms with Gasteiger partial charge in [-0.05, 0) is 45.0 Å². The minimum Gasteiger partial charge on any atom is -0.491 e. The number of fused-ring (bicyclic) bond motifs is 1. The number of hydrogen-bond acceptors (Lipinski definition) is 7. The number of rotatable bonds is 7. The molecule has 3 aromatic rings. The molecule has 0 unspecified atom stereocenters. The third-order valence-corrected chi connectivity index (χ3v) is 4.32. The van der Waals surface area contributed by atoms with E-state index in [0.29, 0.717) is 35.9 Å². The molecule has 0 saturated carbocycles. The van der Waals surface area contributed by atoms with Gasteiger partial charge in [-0.25, -0.2) is 14.4 Å². The number of methoxy groups -OCH3 is 1. The molecule has 9 nitrogen and oxygen atoms in total. The monoisotopic (exact) mass is 455 g/mol. The van der Waals surface area contributed by atoms with E-state index in [2.05, 4.69) is 25.9 Å². The van der Waals surface area contributed by atoms with E-state index in [1.54, 1.807) is 58.2 Å². The first-order chi connectivity index (χ1) is 15.7. The van der Waals surface area contributed by atoms with E-state index in [4.69, 9.17) is 9.47 Å². The van der Waals surface area contributed by atoms with Gasteiger partial charge >= 0.3 is 11.8 Å². The van der Waals surface area contributed by atoms with Crippen LogP contribution in [-0.4, -0.2) is 47.6 Å². The number of benzene rings is 2. The number of amides is 2. The van der Waals surface area contributed by atoms with Crippen LogP contribution in [0.1, 0.15) is 20.8 Å².